The Bertz CT molecular complexity index is 552. The Labute approximate surface area is 129 Å². The van der Waals surface area contributed by atoms with Crippen molar-refractivity contribution in [2.75, 3.05) is 13.5 Å². The number of rotatable bonds is 8. The molecule has 22 heavy (non-hydrogen) atoms. The van der Waals surface area contributed by atoms with Crippen LogP contribution in [-0.4, -0.2) is 31.6 Å². The highest BCUT2D eigenvalue weighted by Crippen LogP contribution is 2.43. The van der Waals surface area contributed by atoms with Gasteiger partial charge in [0.2, 0.25) is 0 Å². The van der Waals surface area contributed by atoms with Crippen LogP contribution in [0.1, 0.15) is 20.8 Å². The summed E-state index contributed by atoms with van der Waals surface area (Å²) in [7, 11) is -2.21. The number of ether oxygens (including phenoxy) is 2. The Hall–Kier alpha value is -1.43. The molecule has 0 aromatic heterocycles. The lowest BCUT2D eigenvalue weighted by molar-refractivity contribution is -0.149. The maximum absolute atomic E-state index is 13.2. The van der Waals surface area contributed by atoms with Crippen molar-refractivity contribution in [2.24, 2.45) is 0 Å². The maximum atomic E-state index is 13.2. The monoisotopic (exact) mass is 333 g/mol. The molecule has 1 rings (SSSR count). The Balaban J connectivity index is 2.82. The third-order valence-electron chi connectivity index (χ3n) is 2.44. The summed E-state index contributed by atoms with van der Waals surface area (Å²) in [5.41, 5.74) is 0. The first-order chi connectivity index (χ1) is 10.3. The van der Waals surface area contributed by atoms with Crippen molar-refractivity contribution in [3.05, 3.63) is 30.1 Å². The molecule has 0 saturated carbocycles. The summed E-state index contributed by atoms with van der Waals surface area (Å²) in [6.07, 6.45) is -0.564. The van der Waals surface area contributed by atoms with Crippen LogP contribution in [0.2, 0.25) is 0 Å². The van der Waals surface area contributed by atoms with Crippen molar-refractivity contribution in [1.82, 2.24) is 5.09 Å². The van der Waals surface area contributed by atoms with E-state index in [1.165, 1.54) is 32.2 Å². The molecule has 0 heterocycles. The lowest BCUT2D eigenvalue weighted by Gasteiger charge is -2.23. The van der Waals surface area contributed by atoms with Crippen molar-refractivity contribution in [3.63, 3.8) is 0 Å². The number of hydrogen-bond acceptors (Lipinski definition) is 5. The minimum absolute atomic E-state index is 0.0808. The van der Waals surface area contributed by atoms with Gasteiger partial charge in [0.25, 0.3) is 0 Å². The van der Waals surface area contributed by atoms with Crippen molar-refractivity contribution >= 4 is 13.5 Å². The van der Waals surface area contributed by atoms with E-state index in [9.17, 15) is 13.8 Å². The van der Waals surface area contributed by atoms with Crippen molar-refractivity contribution in [3.8, 4) is 5.75 Å². The van der Waals surface area contributed by atoms with Gasteiger partial charge in [0.15, 0.2) is 0 Å². The van der Waals surface area contributed by atoms with Crippen LogP contribution in [-0.2, 0) is 18.8 Å². The van der Waals surface area contributed by atoms with E-state index < -0.39 is 25.3 Å². The van der Waals surface area contributed by atoms with E-state index in [0.717, 1.165) is 6.07 Å². The molecule has 0 amide bonds. The lowest BCUT2D eigenvalue weighted by Crippen LogP contribution is -2.36. The molecule has 0 radical (unpaired) electrons. The predicted molar refractivity (Wildman–Crippen MR) is 80.3 cm³/mol. The average molecular weight is 333 g/mol. The van der Waals surface area contributed by atoms with E-state index in [0.29, 0.717) is 0 Å². The van der Waals surface area contributed by atoms with E-state index >= 15 is 0 Å². The standard InChI is InChI=1S/C14H21FNO5P/c1-10(2)20-14(17)11(3)16-22(18,9-19-4)21-13-7-5-6-12(15)8-13/h5-8,10-11H,9H2,1-4H3,(H,16,18)/t11-,22?/m0/s1. The molecule has 0 fully saturated rings. The molecular formula is C14H21FNO5P. The highest BCUT2D eigenvalue weighted by Gasteiger charge is 2.30. The van der Waals surface area contributed by atoms with Gasteiger partial charge in [-0.25, -0.2) is 9.48 Å². The van der Waals surface area contributed by atoms with Gasteiger partial charge >= 0.3 is 13.5 Å². The third-order valence-corrected chi connectivity index (χ3v) is 4.33. The smallest absolute Gasteiger partial charge is 0.342 e. The number of carbonyl (C=O) groups is 1. The van der Waals surface area contributed by atoms with Crippen LogP contribution in [0.5, 0.6) is 5.75 Å². The van der Waals surface area contributed by atoms with Gasteiger partial charge in [-0.05, 0) is 32.9 Å². The Kier molecular flexibility index (Phi) is 7.00. The molecule has 0 aliphatic rings. The molecule has 1 aromatic carbocycles. The highest BCUT2D eigenvalue weighted by atomic mass is 31.2. The molecule has 1 N–H and O–H groups in total. The van der Waals surface area contributed by atoms with Crippen LogP contribution in [0.3, 0.4) is 0 Å². The average Bonchev–Trinajstić information content (AvgIpc) is 2.37. The topological polar surface area (TPSA) is 73.9 Å². The summed E-state index contributed by atoms with van der Waals surface area (Å²) < 4.78 is 41.1. The zero-order valence-corrected chi connectivity index (χ0v) is 13.9. The van der Waals surface area contributed by atoms with Crippen LogP contribution in [0, 0.1) is 5.82 Å². The summed E-state index contributed by atoms with van der Waals surface area (Å²) in [5.74, 6) is -1.000. The van der Waals surface area contributed by atoms with Crippen LogP contribution in [0.15, 0.2) is 24.3 Å². The lowest BCUT2D eigenvalue weighted by atomic mass is 10.3. The molecule has 1 aromatic rings. The Morgan fingerprint density at radius 2 is 2.05 bits per heavy atom. The predicted octanol–water partition coefficient (Wildman–Crippen LogP) is 2.93. The fraction of sp³-hybridized carbons (Fsp3) is 0.500. The second-order valence-corrected chi connectivity index (χ2v) is 7.02. The zero-order valence-electron chi connectivity index (χ0n) is 13.0. The molecule has 1 unspecified atom stereocenters. The van der Waals surface area contributed by atoms with Gasteiger partial charge in [0.05, 0.1) is 6.10 Å². The Morgan fingerprint density at radius 3 is 2.59 bits per heavy atom. The summed E-state index contributed by atoms with van der Waals surface area (Å²) in [4.78, 5) is 11.8. The maximum Gasteiger partial charge on any atom is 0.342 e. The van der Waals surface area contributed by atoms with Crippen molar-refractivity contribution in [1.29, 1.82) is 0 Å². The van der Waals surface area contributed by atoms with E-state index in [2.05, 4.69) is 5.09 Å². The van der Waals surface area contributed by atoms with E-state index in [1.54, 1.807) is 13.8 Å². The van der Waals surface area contributed by atoms with Gasteiger partial charge in [-0.15, -0.1) is 0 Å². The number of halogens is 1. The van der Waals surface area contributed by atoms with Gasteiger partial charge in [-0.1, -0.05) is 6.07 Å². The third kappa shape index (κ3) is 6.13. The van der Waals surface area contributed by atoms with E-state index in [-0.39, 0.29) is 18.2 Å². The minimum Gasteiger partial charge on any atom is -0.462 e. The molecule has 124 valence electrons. The van der Waals surface area contributed by atoms with Gasteiger partial charge in [0, 0.05) is 13.2 Å². The molecular weight excluding hydrogens is 312 g/mol. The van der Waals surface area contributed by atoms with E-state index in [4.69, 9.17) is 14.0 Å². The largest absolute Gasteiger partial charge is 0.462 e. The fourth-order valence-electron chi connectivity index (χ4n) is 1.64. The molecule has 6 nitrogen and oxygen atoms in total. The molecule has 2 atom stereocenters. The number of nitrogens with one attached hydrogen (secondary N) is 1. The van der Waals surface area contributed by atoms with Crippen LogP contribution in [0.4, 0.5) is 4.39 Å². The fourth-order valence-corrected chi connectivity index (χ4v) is 3.31. The van der Waals surface area contributed by atoms with Crippen LogP contribution >= 0.6 is 7.52 Å². The first kappa shape index (κ1) is 18.6. The summed E-state index contributed by atoms with van der Waals surface area (Å²) in [6.45, 7) is 4.92. The summed E-state index contributed by atoms with van der Waals surface area (Å²) in [5, 5.41) is 2.58. The molecule has 0 spiro atoms. The molecule has 8 heteroatoms. The van der Waals surface area contributed by atoms with Crippen molar-refractivity contribution < 1.29 is 27.7 Å². The highest BCUT2D eigenvalue weighted by molar-refractivity contribution is 7.57. The van der Waals surface area contributed by atoms with Crippen LogP contribution < -0.4 is 9.61 Å². The minimum atomic E-state index is -3.55. The summed E-state index contributed by atoms with van der Waals surface area (Å²) in [6, 6.07) is 4.37. The van der Waals surface area contributed by atoms with Crippen LogP contribution in [0.25, 0.3) is 0 Å². The first-order valence-corrected chi connectivity index (χ1v) is 8.58. The van der Waals surface area contributed by atoms with Gasteiger partial charge in [-0.2, -0.15) is 0 Å². The first-order valence-electron chi connectivity index (χ1n) is 6.77. The normalized spacial score (nSPS) is 15.2. The van der Waals surface area contributed by atoms with Crippen molar-refractivity contribution in [2.45, 2.75) is 32.9 Å². The quantitative estimate of drug-likeness (QED) is 0.582. The summed E-state index contributed by atoms with van der Waals surface area (Å²) >= 11 is 0. The number of carbonyl (C=O) groups excluding carboxylic acids is 1. The molecule has 0 aliphatic carbocycles. The molecule has 0 saturated heterocycles. The van der Waals surface area contributed by atoms with Gasteiger partial charge < -0.3 is 14.0 Å². The number of hydrogen-bond donors (Lipinski definition) is 1. The second kappa shape index (κ2) is 8.27. The second-order valence-electron chi connectivity index (χ2n) is 4.98. The van der Waals surface area contributed by atoms with Gasteiger partial charge in [-0.3, -0.25) is 9.36 Å². The number of benzene rings is 1. The SMILES string of the molecule is COCP(=O)(N[C@@H](C)C(=O)OC(C)C)Oc1cccc(F)c1. The van der Waals surface area contributed by atoms with E-state index in [1.807, 2.05) is 0 Å². The Morgan fingerprint density at radius 1 is 1.36 bits per heavy atom. The van der Waals surface area contributed by atoms with Gasteiger partial charge in [0.1, 0.15) is 24.0 Å². The number of methoxy groups -OCH3 is 1. The zero-order chi connectivity index (χ0) is 16.8. The molecule has 0 bridgehead atoms. The number of esters is 1. The molecule has 0 aliphatic heterocycles.